The summed E-state index contributed by atoms with van der Waals surface area (Å²) in [5.74, 6) is 0.518. The molecule has 1 fully saturated rings. The maximum absolute atomic E-state index is 12.5. The highest BCUT2D eigenvalue weighted by atomic mass is 19.4. The lowest BCUT2D eigenvalue weighted by Gasteiger charge is -2.32. The number of halogens is 3. The second kappa shape index (κ2) is 7.90. The summed E-state index contributed by atoms with van der Waals surface area (Å²) in [5.41, 5.74) is 1.92. The summed E-state index contributed by atoms with van der Waals surface area (Å²) in [4.78, 5) is 17.2. The minimum absolute atomic E-state index is 0.172. The number of pyridine rings is 1. The predicted octanol–water partition coefficient (Wildman–Crippen LogP) is 2.60. The van der Waals surface area contributed by atoms with Crippen molar-refractivity contribution in [2.24, 2.45) is 0 Å². The number of carbonyl (C=O) groups is 1. The van der Waals surface area contributed by atoms with E-state index in [0.717, 1.165) is 11.1 Å². The lowest BCUT2D eigenvalue weighted by Crippen LogP contribution is -2.46. The smallest absolute Gasteiger partial charge is 0.427 e. The predicted molar refractivity (Wildman–Crippen MR) is 82.3 cm³/mol. The number of likely N-dealkylation sites (tertiary alicyclic amines) is 1. The van der Waals surface area contributed by atoms with E-state index < -0.39 is 25.0 Å². The molecule has 0 aliphatic carbocycles. The normalized spacial score (nSPS) is 17.3. The van der Waals surface area contributed by atoms with Crippen LogP contribution in [-0.4, -0.2) is 59.2 Å². The van der Waals surface area contributed by atoms with E-state index in [1.54, 1.807) is 6.20 Å². The van der Waals surface area contributed by atoms with E-state index in [1.807, 2.05) is 19.9 Å². The van der Waals surface area contributed by atoms with Crippen molar-refractivity contribution in [1.29, 1.82) is 0 Å². The number of aliphatic hydroxyl groups excluding tert-OH is 1. The van der Waals surface area contributed by atoms with Crippen molar-refractivity contribution >= 4 is 6.09 Å². The van der Waals surface area contributed by atoms with Crippen molar-refractivity contribution in [2.45, 2.75) is 45.1 Å². The Hall–Kier alpha value is -2.03. The molecule has 0 saturated carbocycles. The van der Waals surface area contributed by atoms with Crippen LogP contribution in [0.25, 0.3) is 0 Å². The number of amides is 1. The van der Waals surface area contributed by atoms with Gasteiger partial charge in [-0.3, -0.25) is 0 Å². The van der Waals surface area contributed by atoms with Gasteiger partial charge in [0.05, 0.1) is 6.61 Å². The fraction of sp³-hybridized carbons (Fsp3) is 0.625. The highest BCUT2D eigenvalue weighted by Gasteiger charge is 2.43. The van der Waals surface area contributed by atoms with Crippen LogP contribution in [0.5, 0.6) is 5.88 Å². The number of rotatable bonds is 4. The Balaban J connectivity index is 1.85. The topological polar surface area (TPSA) is 71.9 Å². The van der Waals surface area contributed by atoms with Gasteiger partial charge < -0.3 is 19.5 Å². The summed E-state index contributed by atoms with van der Waals surface area (Å²) < 4.78 is 47.8. The van der Waals surface area contributed by atoms with E-state index in [9.17, 15) is 18.0 Å². The number of alkyl halides is 3. The van der Waals surface area contributed by atoms with Crippen molar-refractivity contribution in [3.05, 3.63) is 23.4 Å². The lowest BCUT2D eigenvalue weighted by molar-refractivity contribution is -0.214. The number of hydrogen-bond acceptors (Lipinski definition) is 5. The van der Waals surface area contributed by atoms with Crippen molar-refractivity contribution in [3.63, 3.8) is 0 Å². The van der Waals surface area contributed by atoms with Crippen molar-refractivity contribution in [2.75, 3.05) is 19.7 Å². The third-order valence-electron chi connectivity index (χ3n) is 3.92. The third kappa shape index (κ3) is 5.22. The molecule has 2 rings (SSSR count). The van der Waals surface area contributed by atoms with Gasteiger partial charge in [-0.2, -0.15) is 13.2 Å². The molecule has 0 radical (unpaired) electrons. The Morgan fingerprint density at radius 2 is 2.04 bits per heavy atom. The molecule has 1 aromatic heterocycles. The van der Waals surface area contributed by atoms with Crippen LogP contribution in [0.1, 0.15) is 24.0 Å². The number of nitrogens with zero attached hydrogens (tertiary/aromatic N) is 2. The van der Waals surface area contributed by atoms with Gasteiger partial charge >= 0.3 is 12.3 Å². The highest BCUT2D eigenvalue weighted by molar-refractivity contribution is 5.68. The molecule has 25 heavy (non-hydrogen) atoms. The summed E-state index contributed by atoms with van der Waals surface area (Å²) in [6, 6.07) is 1.95. The van der Waals surface area contributed by atoms with Crippen LogP contribution in [-0.2, 0) is 4.74 Å². The summed E-state index contributed by atoms with van der Waals surface area (Å²) in [6.07, 6.45) is -5.94. The maximum atomic E-state index is 12.5. The average Bonchev–Trinajstić information content (AvgIpc) is 2.54. The largest absolute Gasteiger partial charge is 0.474 e. The van der Waals surface area contributed by atoms with Gasteiger partial charge in [-0.05, 0) is 25.5 Å². The molecule has 1 aliphatic heterocycles. The summed E-state index contributed by atoms with van der Waals surface area (Å²) in [5, 5.41) is 8.72. The van der Waals surface area contributed by atoms with Crippen LogP contribution in [0, 0.1) is 13.8 Å². The van der Waals surface area contributed by atoms with Gasteiger partial charge in [0.25, 0.3) is 0 Å². The average molecular weight is 362 g/mol. The molecule has 6 nitrogen and oxygen atoms in total. The van der Waals surface area contributed by atoms with Gasteiger partial charge in [-0.25, -0.2) is 9.78 Å². The zero-order chi connectivity index (χ0) is 18.6. The zero-order valence-electron chi connectivity index (χ0n) is 14.0. The standard InChI is InChI=1S/C16H21F3N2O4/c1-10-7-11(2)14(20-8-10)24-12-3-5-21(6-4-12)15(23)25-13(9-22)16(17,18)19/h7-8,12-13,22H,3-6,9H2,1-2H3/t13-/m1/s1. The van der Waals surface area contributed by atoms with E-state index in [2.05, 4.69) is 9.72 Å². The molecule has 0 bridgehead atoms. The second-order valence-corrected chi connectivity index (χ2v) is 6.04. The zero-order valence-corrected chi connectivity index (χ0v) is 14.0. The van der Waals surface area contributed by atoms with Gasteiger partial charge in [0.15, 0.2) is 0 Å². The first-order chi connectivity index (χ1) is 11.7. The minimum atomic E-state index is -4.79. The third-order valence-corrected chi connectivity index (χ3v) is 3.92. The monoisotopic (exact) mass is 362 g/mol. The molecule has 1 atom stereocenters. The molecule has 2 heterocycles. The molecule has 0 aromatic carbocycles. The van der Waals surface area contributed by atoms with Crippen LogP contribution >= 0.6 is 0 Å². The Labute approximate surface area is 143 Å². The molecule has 1 N–H and O–H groups in total. The van der Waals surface area contributed by atoms with Gasteiger partial charge in [-0.15, -0.1) is 0 Å². The van der Waals surface area contributed by atoms with E-state index in [4.69, 9.17) is 9.84 Å². The van der Waals surface area contributed by atoms with Crippen LogP contribution in [0.15, 0.2) is 12.3 Å². The second-order valence-electron chi connectivity index (χ2n) is 6.04. The van der Waals surface area contributed by atoms with E-state index in [1.165, 1.54) is 4.90 Å². The summed E-state index contributed by atoms with van der Waals surface area (Å²) >= 11 is 0. The first-order valence-corrected chi connectivity index (χ1v) is 7.93. The molecule has 9 heteroatoms. The van der Waals surface area contributed by atoms with Gasteiger partial charge in [0.1, 0.15) is 6.10 Å². The van der Waals surface area contributed by atoms with E-state index in [0.29, 0.717) is 18.7 Å². The van der Waals surface area contributed by atoms with E-state index in [-0.39, 0.29) is 19.2 Å². The summed E-state index contributed by atoms with van der Waals surface area (Å²) in [7, 11) is 0. The van der Waals surface area contributed by atoms with Crippen molar-refractivity contribution in [1.82, 2.24) is 9.88 Å². The van der Waals surface area contributed by atoms with Crippen LogP contribution in [0.3, 0.4) is 0 Å². The van der Waals surface area contributed by atoms with Crippen LogP contribution < -0.4 is 4.74 Å². The molecule has 1 aromatic rings. The first kappa shape index (κ1) is 19.3. The Bertz CT molecular complexity index is 602. The Kier molecular flexibility index (Phi) is 6.10. The minimum Gasteiger partial charge on any atom is -0.474 e. The molecule has 0 unspecified atom stereocenters. The number of aliphatic hydroxyl groups is 1. The van der Waals surface area contributed by atoms with Gasteiger partial charge in [0, 0.05) is 37.7 Å². The number of piperidine rings is 1. The number of carbonyl (C=O) groups excluding carboxylic acids is 1. The molecule has 1 aliphatic rings. The number of ether oxygens (including phenoxy) is 2. The van der Waals surface area contributed by atoms with Gasteiger partial charge in [0.2, 0.25) is 12.0 Å². The quantitative estimate of drug-likeness (QED) is 0.891. The fourth-order valence-corrected chi connectivity index (χ4v) is 2.54. The van der Waals surface area contributed by atoms with E-state index >= 15 is 0 Å². The molecule has 0 spiro atoms. The number of hydrogen-bond donors (Lipinski definition) is 1. The molecule has 1 saturated heterocycles. The lowest BCUT2D eigenvalue weighted by atomic mass is 10.1. The van der Waals surface area contributed by atoms with Crippen LogP contribution in [0.2, 0.25) is 0 Å². The molecule has 140 valence electrons. The maximum Gasteiger partial charge on any atom is 0.427 e. The van der Waals surface area contributed by atoms with Crippen molar-refractivity contribution < 1.29 is 32.5 Å². The fourth-order valence-electron chi connectivity index (χ4n) is 2.54. The highest BCUT2D eigenvalue weighted by Crippen LogP contribution is 2.25. The van der Waals surface area contributed by atoms with Crippen LogP contribution in [0.4, 0.5) is 18.0 Å². The Morgan fingerprint density at radius 3 is 2.56 bits per heavy atom. The first-order valence-electron chi connectivity index (χ1n) is 7.93. The summed E-state index contributed by atoms with van der Waals surface area (Å²) in [6.45, 7) is 2.94. The van der Waals surface area contributed by atoms with Gasteiger partial charge in [-0.1, -0.05) is 0 Å². The molecular weight excluding hydrogens is 341 g/mol. The number of aromatic nitrogens is 1. The van der Waals surface area contributed by atoms with Crippen molar-refractivity contribution in [3.8, 4) is 5.88 Å². The SMILES string of the molecule is Cc1cnc(OC2CCN(C(=O)O[C@H](CO)C(F)(F)F)CC2)c(C)c1. The Morgan fingerprint density at radius 1 is 1.40 bits per heavy atom. The molecular formula is C16H21F3N2O4. The molecule has 1 amide bonds. The number of aryl methyl sites for hydroxylation is 2.